The second-order valence-corrected chi connectivity index (χ2v) is 5.18. The number of rotatable bonds is 7. The van der Waals surface area contributed by atoms with E-state index in [9.17, 15) is 9.59 Å². The Morgan fingerprint density at radius 3 is 2.62 bits per heavy atom. The highest BCUT2D eigenvalue weighted by Crippen LogP contribution is 2.17. The molecule has 1 amide bonds. The minimum Gasteiger partial charge on any atom is -0.479 e. The highest BCUT2D eigenvalue weighted by atomic mass is 35.5. The lowest BCUT2D eigenvalue weighted by atomic mass is 10.2. The maximum absolute atomic E-state index is 12.0. The number of pyridine rings is 1. The van der Waals surface area contributed by atoms with Gasteiger partial charge in [0.15, 0.2) is 17.9 Å². The van der Waals surface area contributed by atoms with E-state index in [1.54, 1.807) is 43.3 Å². The van der Waals surface area contributed by atoms with Crippen molar-refractivity contribution in [3.63, 3.8) is 0 Å². The zero-order valence-electron chi connectivity index (χ0n) is 13.1. The van der Waals surface area contributed by atoms with Crippen molar-refractivity contribution in [2.24, 2.45) is 0 Å². The van der Waals surface area contributed by atoms with E-state index in [1.807, 2.05) is 6.07 Å². The predicted molar refractivity (Wildman–Crippen MR) is 90.0 cm³/mol. The molecule has 1 aromatic carbocycles. The Morgan fingerprint density at radius 1 is 1.21 bits per heavy atom. The van der Waals surface area contributed by atoms with E-state index in [1.165, 1.54) is 6.20 Å². The molecule has 0 radical (unpaired) electrons. The third-order valence-electron chi connectivity index (χ3n) is 3.03. The fraction of sp³-hybridized carbons (Fsp3) is 0.235. The summed E-state index contributed by atoms with van der Waals surface area (Å²) in [5, 5.41) is 2.68. The van der Waals surface area contributed by atoms with E-state index in [4.69, 9.17) is 21.1 Å². The van der Waals surface area contributed by atoms with E-state index in [-0.39, 0.29) is 5.15 Å². The van der Waals surface area contributed by atoms with Gasteiger partial charge in [-0.2, -0.15) is 0 Å². The number of nitrogens with one attached hydrogen (secondary N) is 1. The Hall–Kier alpha value is -2.60. The normalized spacial score (nSPS) is 11.4. The first-order valence-corrected chi connectivity index (χ1v) is 7.76. The monoisotopic (exact) mass is 348 g/mol. The lowest BCUT2D eigenvalue weighted by Crippen LogP contribution is -2.31. The molecule has 0 aliphatic rings. The Bertz CT molecular complexity index is 694. The van der Waals surface area contributed by atoms with Crippen molar-refractivity contribution in [1.82, 2.24) is 4.98 Å². The number of hydrogen-bond acceptors (Lipinski definition) is 5. The number of para-hydroxylation sites is 1. The predicted octanol–water partition coefficient (Wildman–Crippen LogP) is 3.07. The average Bonchev–Trinajstić information content (AvgIpc) is 2.60. The van der Waals surface area contributed by atoms with Gasteiger partial charge >= 0.3 is 5.97 Å². The molecular formula is C17H17ClN2O4. The fourth-order valence-corrected chi connectivity index (χ4v) is 2.02. The van der Waals surface area contributed by atoms with Crippen molar-refractivity contribution < 1.29 is 19.1 Å². The Labute approximate surface area is 144 Å². The van der Waals surface area contributed by atoms with E-state index < -0.39 is 24.6 Å². The van der Waals surface area contributed by atoms with Gasteiger partial charge in [-0.25, -0.2) is 9.78 Å². The van der Waals surface area contributed by atoms with E-state index in [0.717, 1.165) is 0 Å². The van der Waals surface area contributed by atoms with Gasteiger partial charge in [0.05, 0.1) is 5.69 Å². The molecule has 1 atom stereocenters. The van der Waals surface area contributed by atoms with Crippen LogP contribution in [-0.2, 0) is 14.3 Å². The van der Waals surface area contributed by atoms with Crippen LogP contribution < -0.4 is 10.1 Å². The second kappa shape index (κ2) is 8.88. The number of nitrogens with zero attached hydrogens (tertiary/aromatic N) is 1. The minimum absolute atomic E-state index is 0.163. The van der Waals surface area contributed by atoms with Crippen molar-refractivity contribution in [1.29, 1.82) is 0 Å². The van der Waals surface area contributed by atoms with Crippen molar-refractivity contribution in [2.75, 3.05) is 11.9 Å². The fourth-order valence-electron chi connectivity index (χ4n) is 1.86. The van der Waals surface area contributed by atoms with Crippen molar-refractivity contribution >= 4 is 29.2 Å². The number of halogens is 1. The van der Waals surface area contributed by atoms with Gasteiger partial charge in [-0.15, -0.1) is 0 Å². The first kappa shape index (κ1) is 17.7. The Kier molecular flexibility index (Phi) is 6.57. The summed E-state index contributed by atoms with van der Waals surface area (Å²) in [6, 6.07) is 12.2. The van der Waals surface area contributed by atoms with Gasteiger partial charge in [-0.3, -0.25) is 4.79 Å². The largest absolute Gasteiger partial charge is 0.479 e. The van der Waals surface area contributed by atoms with Crippen LogP contribution in [0.5, 0.6) is 5.75 Å². The molecule has 24 heavy (non-hydrogen) atoms. The SMILES string of the molecule is CC[C@H](Oc1ccccc1)C(=O)OCC(=O)Nc1cccnc1Cl. The van der Waals surface area contributed by atoms with Crippen molar-refractivity contribution in [3.8, 4) is 5.75 Å². The summed E-state index contributed by atoms with van der Waals surface area (Å²) in [7, 11) is 0. The molecule has 1 aromatic heterocycles. The molecule has 0 saturated heterocycles. The molecule has 2 aromatic rings. The van der Waals surface area contributed by atoms with Crippen LogP contribution in [0.2, 0.25) is 5.15 Å². The number of esters is 1. The van der Waals surface area contributed by atoms with E-state index in [0.29, 0.717) is 17.9 Å². The summed E-state index contributed by atoms with van der Waals surface area (Å²) >= 11 is 5.84. The van der Waals surface area contributed by atoms with Gasteiger partial charge in [-0.1, -0.05) is 36.7 Å². The number of carbonyl (C=O) groups is 2. The highest BCUT2D eigenvalue weighted by molar-refractivity contribution is 6.32. The number of anilines is 1. The quantitative estimate of drug-likeness (QED) is 0.614. The van der Waals surface area contributed by atoms with Gasteiger partial charge < -0.3 is 14.8 Å². The van der Waals surface area contributed by atoms with Gasteiger partial charge in [0.1, 0.15) is 5.75 Å². The molecule has 0 saturated carbocycles. The topological polar surface area (TPSA) is 77.5 Å². The molecule has 2 rings (SSSR count). The lowest BCUT2D eigenvalue weighted by molar-refractivity contribution is -0.154. The first-order chi connectivity index (χ1) is 11.6. The number of benzene rings is 1. The molecule has 0 aliphatic heterocycles. The lowest BCUT2D eigenvalue weighted by Gasteiger charge is -2.16. The smallest absolute Gasteiger partial charge is 0.347 e. The molecule has 0 fully saturated rings. The molecule has 0 spiro atoms. The molecule has 1 N–H and O–H groups in total. The van der Waals surface area contributed by atoms with Crippen LogP contribution in [-0.4, -0.2) is 29.6 Å². The van der Waals surface area contributed by atoms with Crippen LogP contribution in [0.4, 0.5) is 5.69 Å². The van der Waals surface area contributed by atoms with Gasteiger partial charge in [0, 0.05) is 6.20 Å². The molecule has 0 bridgehead atoms. The second-order valence-electron chi connectivity index (χ2n) is 4.83. The van der Waals surface area contributed by atoms with E-state index in [2.05, 4.69) is 10.3 Å². The highest BCUT2D eigenvalue weighted by Gasteiger charge is 2.21. The zero-order chi connectivity index (χ0) is 17.4. The standard InChI is InChI=1S/C17H17ClN2O4/c1-2-14(24-12-7-4-3-5-8-12)17(22)23-11-15(21)20-13-9-6-10-19-16(13)18/h3-10,14H,2,11H2,1H3,(H,20,21)/t14-/m0/s1. The van der Waals surface area contributed by atoms with Crippen LogP contribution in [0, 0.1) is 0 Å². The molecule has 0 aliphatic carbocycles. The van der Waals surface area contributed by atoms with Crippen molar-refractivity contribution in [2.45, 2.75) is 19.4 Å². The summed E-state index contributed by atoms with van der Waals surface area (Å²) in [6.07, 6.45) is 1.15. The third kappa shape index (κ3) is 5.24. The molecule has 1 heterocycles. The minimum atomic E-state index is -0.776. The summed E-state index contributed by atoms with van der Waals surface area (Å²) < 4.78 is 10.6. The number of ether oxygens (including phenoxy) is 2. The van der Waals surface area contributed by atoms with Crippen LogP contribution in [0.1, 0.15) is 13.3 Å². The van der Waals surface area contributed by atoms with E-state index >= 15 is 0 Å². The number of aromatic nitrogens is 1. The number of amides is 1. The van der Waals surface area contributed by atoms with Crippen LogP contribution >= 0.6 is 11.6 Å². The Morgan fingerprint density at radius 2 is 1.96 bits per heavy atom. The van der Waals surface area contributed by atoms with Gasteiger partial charge in [0.25, 0.3) is 5.91 Å². The van der Waals surface area contributed by atoms with Gasteiger partial charge in [-0.05, 0) is 30.7 Å². The van der Waals surface area contributed by atoms with Crippen LogP contribution in [0.25, 0.3) is 0 Å². The van der Waals surface area contributed by atoms with Crippen LogP contribution in [0.15, 0.2) is 48.7 Å². The third-order valence-corrected chi connectivity index (χ3v) is 3.34. The molecule has 7 heteroatoms. The molecular weight excluding hydrogens is 332 g/mol. The number of carbonyl (C=O) groups excluding carboxylic acids is 2. The first-order valence-electron chi connectivity index (χ1n) is 7.39. The maximum Gasteiger partial charge on any atom is 0.347 e. The summed E-state index contributed by atoms with van der Waals surface area (Å²) in [4.78, 5) is 27.7. The maximum atomic E-state index is 12.0. The van der Waals surface area contributed by atoms with Crippen LogP contribution in [0.3, 0.4) is 0 Å². The molecule has 126 valence electrons. The molecule has 0 unspecified atom stereocenters. The summed E-state index contributed by atoms with van der Waals surface area (Å²) in [5.74, 6) is -0.547. The molecule has 6 nitrogen and oxygen atoms in total. The van der Waals surface area contributed by atoms with Gasteiger partial charge in [0.2, 0.25) is 0 Å². The average molecular weight is 349 g/mol. The van der Waals surface area contributed by atoms with Crippen molar-refractivity contribution in [3.05, 3.63) is 53.8 Å². The Balaban J connectivity index is 1.84. The summed E-state index contributed by atoms with van der Waals surface area (Å²) in [6.45, 7) is 1.36. The zero-order valence-corrected chi connectivity index (χ0v) is 13.8. The number of hydrogen-bond donors (Lipinski definition) is 1. The summed E-state index contributed by atoms with van der Waals surface area (Å²) in [5.41, 5.74) is 0.354.